The van der Waals surface area contributed by atoms with Gasteiger partial charge < -0.3 is 10.2 Å². The van der Waals surface area contributed by atoms with E-state index in [1.54, 1.807) is 0 Å². The van der Waals surface area contributed by atoms with Crippen LogP contribution in [0.15, 0.2) is 0 Å². The summed E-state index contributed by atoms with van der Waals surface area (Å²) in [7, 11) is 2.25. The molecule has 3 nitrogen and oxygen atoms in total. The van der Waals surface area contributed by atoms with Crippen molar-refractivity contribution in [3.05, 3.63) is 0 Å². The van der Waals surface area contributed by atoms with E-state index in [0.717, 1.165) is 6.04 Å². The first-order valence-electron chi connectivity index (χ1n) is 7.78. The van der Waals surface area contributed by atoms with Crippen LogP contribution >= 0.6 is 0 Å². The first kappa shape index (κ1) is 14.3. The summed E-state index contributed by atoms with van der Waals surface area (Å²) in [5.74, 6) is 0. The lowest BCUT2D eigenvalue weighted by molar-refractivity contribution is 0.0382. The largest absolute Gasteiger partial charge is 0.316 e. The monoisotopic (exact) mass is 253 g/mol. The van der Waals surface area contributed by atoms with E-state index in [0.29, 0.717) is 5.41 Å². The second kappa shape index (κ2) is 6.36. The van der Waals surface area contributed by atoms with Crippen molar-refractivity contribution in [2.45, 2.75) is 45.6 Å². The van der Waals surface area contributed by atoms with Gasteiger partial charge in [0.2, 0.25) is 0 Å². The molecule has 2 heterocycles. The molecule has 0 aliphatic carbocycles. The number of nitrogens with zero attached hydrogens (tertiary/aromatic N) is 2. The fourth-order valence-electron chi connectivity index (χ4n) is 3.83. The van der Waals surface area contributed by atoms with Gasteiger partial charge in [0.05, 0.1) is 0 Å². The molecule has 2 aliphatic heterocycles. The maximum absolute atomic E-state index is 3.64. The molecule has 0 aromatic rings. The minimum Gasteiger partial charge on any atom is -0.316 e. The van der Waals surface area contributed by atoms with Crippen molar-refractivity contribution >= 4 is 0 Å². The van der Waals surface area contributed by atoms with Gasteiger partial charge in [0, 0.05) is 38.8 Å². The molecule has 18 heavy (non-hydrogen) atoms. The van der Waals surface area contributed by atoms with Crippen molar-refractivity contribution < 1.29 is 0 Å². The first-order chi connectivity index (χ1) is 8.65. The van der Waals surface area contributed by atoms with Crippen molar-refractivity contribution in [3.8, 4) is 0 Å². The van der Waals surface area contributed by atoms with Crippen molar-refractivity contribution in [2.75, 3.05) is 46.3 Å². The van der Waals surface area contributed by atoms with Gasteiger partial charge in [-0.25, -0.2) is 0 Å². The smallest absolute Gasteiger partial charge is 0.0195 e. The van der Waals surface area contributed by atoms with Gasteiger partial charge in [-0.1, -0.05) is 13.3 Å². The Morgan fingerprint density at radius 3 is 2.78 bits per heavy atom. The van der Waals surface area contributed by atoms with Crippen LogP contribution in [0.1, 0.15) is 39.5 Å². The van der Waals surface area contributed by atoms with Crippen LogP contribution in [-0.2, 0) is 0 Å². The van der Waals surface area contributed by atoms with Crippen LogP contribution in [0.3, 0.4) is 0 Å². The molecule has 0 amide bonds. The minimum atomic E-state index is 0.553. The molecule has 0 saturated carbocycles. The van der Waals surface area contributed by atoms with Gasteiger partial charge in [-0.15, -0.1) is 0 Å². The van der Waals surface area contributed by atoms with E-state index in [1.807, 2.05) is 0 Å². The number of piperazine rings is 1. The average Bonchev–Trinajstić information content (AvgIpc) is 2.34. The summed E-state index contributed by atoms with van der Waals surface area (Å²) in [6.07, 6.45) is 5.50. The third-order valence-corrected chi connectivity index (χ3v) is 4.85. The molecule has 0 bridgehead atoms. The highest BCUT2D eigenvalue weighted by Gasteiger charge is 2.35. The topological polar surface area (TPSA) is 18.5 Å². The Bertz CT molecular complexity index is 243. The standard InChI is InChI=1S/C15H31N3/c1-4-6-15(7-5-8-16-12-15)13-18-10-9-17(3)11-14(18)2/h14,16H,4-13H2,1-3H3. The lowest BCUT2D eigenvalue weighted by atomic mass is 9.76. The zero-order valence-corrected chi connectivity index (χ0v) is 12.5. The van der Waals surface area contributed by atoms with Crippen molar-refractivity contribution in [2.24, 2.45) is 5.41 Å². The molecule has 2 saturated heterocycles. The fourth-order valence-corrected chi connectivity index (χ4v) is 3.83. The van der Waals surface area contributed by atoms with E-state index in [4.69, 9.17) is 0 Å². The molecule has 2 aliphatic rings. The second-order valence-electron chi connectivity index (χ2n) is 6.61. The van der Waals surface area contributed by atoms with Crippen LogP contribution in [-0.4, -0.2) is 62.2 Å². The third kappa shape index (κ3) is 3.46. The zero-order chi connectivity index (χ0) is 13.0. The number of hydrogen-bond donors (Lipinski definition) is 1. The molecule has 2 atom stereocenters. The Labute approximate surface area is 113 Å². The number of likely N-dealkylation sites (N-methyl/N-ethyl adjacent to an activating group) is 1. The van der Waals surface area contributed by atoms with Crippen LogP contribution in [0.25, 0.3) is 0 Å². The first-order valence-corrected chi connectivity index (χ1v) is 7.78. The molecular formula is C15H31N3. The molecule has 2 unspecified atom stereocenters. The fraction of sp³-hybridized carbons (Fsp3) is 1.00. The molecule has 2 rings (SSSR count). The van der Waals surface area contributed by atoms with E-state index in [-0.39, 0.29) is 0 Å². The molecule has 2 fully saturated rings. The Kier molecular flexibility index (Phi) is 5.05. The number of nitrogens with one attached hydrogen (secondary N) is 1. The second-order valence-corrected chi connectivity index (χ2v) is 6.61. The van der Waals surface area contributed by atoms with Gasteiger partial charge in [-0.05, 0) is 45.2 Å². The average molecular weight is 253 g/mol. The Balaban J connectivity index is 1.95. The summed E-state index contributed by atoms with van der Waals surface area (Å²) in [4.78, 5) is 5.20. The number of piperidine rings is 1. The Morgan fingerprint density at radius 2 is 2.17 bits per heavy atom. The summed E-state index contributed by atoms with van der Waals surface area (Å²) in [5.41, 5.74) is 0.553. The van der Waals surface area contributed by atoms with Gasteiger partial charge in [0.25, 0.3) is 0 Å². The summed E-state index contributed by atoms with van der Waals surface area (Å²) >= 11 is 0. The molecule has 106 valence electrons. The van der Waals surface area contributed by atoms with Crippen molar-refractivity contribution in [3.63, 3.8) is 0 Å². The summed E-state index contributed by atoms with van der Waals surface area (Å²) in [6.45, 7) is 12.2. The lowest BCUT2D eigenvalue weighted by Crippen LogP contribution is -2.56. The van der Waals surface area contributed by atoms with Gasteiger partial charge in [0.15, 0.2) is 0 Å². The maximum Gasteiger partial charge on any atom is 0.0195 e. The molecular weight excluding hydrogens is 222 g/mol. The van der Waals surface area contributed by atoms with Crippen LogP contribution in [0.2, 0.25) is 0 Å². The van der Waals surface area contributed by atoms with Crippen LogP contribution in [0.4, 0.5) is 0 Å². The highest BCUT2D eigenvalue weighted by molar-refractivity contribution is 4.90. The summed E-state index contributed by atoms with van der Waals surface area (Å²) in [6, 6.07) is 0.722. The maximum atomic E-state index is 3.64. The summed E-state index contributed by atoms with van der Waals surface area (Å²) < 4.78 is 0. The predicted molar refractivity (Wildman–Crippen MR) is 78.0 cm³/mol. The lowest BCUT2D eigenvalue weighted by Gasteiger charge is -2.46. The van der Waals surface area contributed by atoms with Crippen molar-refractivity contribution in [1.29, 1.82) is 0 Å². The molecule has 3 heteroatoms. The number of rotatable bonds is 4. The molecule has 1 N–H and O–H groups in total. The van der Waals surface area contributed by atoms with Crippen molar-refractivity contribution in [1.82, 2.24) is 15.1 Å². The van der Waals surface area contributed by atoms with Gasteiger partial charge in [0.1, 0.15) is 0 Å². The Hall–Kier alpha value is -0.120. The van der Waals surface area contributed by atoms with Gasteiger partial charge in [-0.2, -0.15) is 0 Å². The summed E-state index contributed by atoms with van der Waals surface area (Å²) in [5, 5.41) is 3.64. The van der Waals surface area contributed by atoms with E-state index in [9.17, 15) is 0 Å². The number of hydrogen-bond acceptors (Lipinski definition) is 3. The van der Waals surface area contributed by atoms with Crippen LogP contribution in [0, 0.1) is 5.41 Å². The minimum absolute atomic E-state index is 0.553. The SMILES string of the molecule is CCCC1(CN2CCN(C)CC2C)CCCNC1. The van der Waals surface area contributed by atoms with Crippen LogP contribution < -0.4 is 5.32 Å². The predicted octanol–water partition coefficient (Wildman–Crippen LogP) is 1.79. The van der Waals surface area contributed by atoms with E-state index in [1.165, 1.54) is 65.0 Å². The van der Waals surface area contributed by atoms with Gasteiger partial charge in [-0.3, -0.25) is 4.90 Å². The third-order valence-electron chi connectivity index (χ3n) is 4.85. The molecule has 0 radical (unpaired) electrons. The van der Waals surface area contributed by atoms with E-state index in [2.05, 4.69) is 36.0 Å². The van der Waals surface area contributed by atoms with Crippen LogP contribution in [0.5, 0.6) is 0 Å². The highest BCUT2D eigenvalue weighted by Crippen LogP contribution is 2.33. The highest BCUT2D eigenvalue weighted by atomic mass is 15.3. The molecule has 0 spiro atoms. The van der Waals surface area contributed by atoms with Gasteiger partial charge >= 0.3 is 0 Å². The molecule has 0 aromatic heterocycles. The quantitative estimate of drug-likeness (QED) is 0.824. The zero-order valence-electron chi connectivity index (χ0n) is 12.5. The Morgan fingerprint density at radius 1 is 1.33 bits per heavy atom. The molecule has 0 aromatic carbocycles. The van der Waals surface area contributed by atoms with E-state index < -0.39 is 0 Å². The van der Waals surface area contributed by atoms with E-state index >= 15 is 0 Å². The normalized spacial score (nSPS) is 35.8.